The highest BCUT2D eigenvalue weighted by Gasteiger charge is 2.30. The smallest absolute Gasteiger partial charge is 0.362 e. The van der Waals surface area contributed by atoms with Crippen molar-refractivity contribution in [2.75, 3.05) is 31.1 Å². The molecule has 32 heavy (non-hydrogen) atoms. The summed E-state index contributed by atoms with van der Waals surface area (Å²) in [5.41, 5.74) is -0.466. The number of piperazine rings is 1. The number of nitrogens with one attached hydrogen (secondary N) is 1. The highest BCUT2D eigenvalue weighted by Crippen LogP contribution is 2.31. The van der Waals surface area contributed by atoms with Crippen LogP contribution in [-0.2, 0) is 17.5 Å². The van der Waals surface area contributed by atoms with Gasteiger partial charge in [-0.15, -0.1) is 0 Å². The Labute approximate surface area is 181 Å². The molecule has 1 saturated heterocycles. The van der Waals surface area contributed by atoms with Crippen molar-refractivity contribution in [2.45, 2.75) is 19.6 Å². The van der Waals surface area contributed by atoms with Crippen LogP contribution >= 0.6 is 0 Å². The van der Waals surface area contributed by atoms with Gasteiger partial charge in [-0.1, -0.05) is 12.1 Å². The molecule has 0 bridgehead atoms. The van der Waals surface area contributed by atoms with Gasteiger partial charge in [0.1, 0.15) is 5.69 Å². The molecule has 0 aliphatic carbocycles. The van der Waals surface area contributed by atoms with Crippen molar-refractivity contribution in [3.8, 4) is 0 Å². The molecular formula is C21H21F3N4O4. The first-order valence-corrected chi connectivity index (χ1v) is 9.79. The van der Waals surface area contributed by atoms with E-state index in [1.807, 2.05) is 0 Å². The third-order valence-corrected chi connectivity index (χ3v) is 5.21. The highest BCUT2D eigenvalue weighted by molar-refractivity contribution is 5.95. The molecule has 3 rings (SSSR count). The second-order valence-electron chi connectivity index (χ2n) is 7.33. The predicted molar refractivity (Wildman–Crippen MR) is 110 cm³/mol. The number of nitro groups is 1. The van der Waals surface area contributed by atoms with Crippen molar-refractivity contribution < 1.29 is 27.7 Å². The number of nitrogens with zero attached hydrogens (tertiary/aromatic N) is 3. The van der Waals surface area contributed by atoms with Crippen molar-refractivity contribution in [3.05, 3.63) is 69.3 Å². The molecule has 2 aromatic rings. The molecular weight excluding hydrogens is 429 g/mol. The molecule has 8 nitrogen and oxygen atoms in total. The number of hydrogen-bond acceptors (Lipinski definition) is 5. The molecule has 0 aromatic heterocycles. The van der Waals surface area contributed by atoms with E-state index in [2.05, 4.69) is 5.32 Å². The Morgan fingerprint density at radius 2 is 1.78 bits per heavy atom. The number of carbonyl (C=O) groups excluding carboxylic acids is 2. The van der Waals surface area contributed by atoms with E-state index in [1.165, 1.54) is 31.2 Å². The molecule has 0 atom stereocenters. The van der Waals surface area contributed by atoms with Crippen LogP contribution in [0, 0.1) is 10.1 Å². The molecule has 1 aliphatic heterocycles. The number of halogens is 3. The number of alkyl halides is 3. The zero-order chi connectivity index (χ0) is 23.5. The van der Waals surface area contributed by atoms with Crippen molar-refractivity contribution in [1.29, 1.82) is 0 Å². The van der Waals surface area contributed by atoms with Gasteiger partial charge >= 0.3 is 6.18 Å². The zero-order valence-corrected chi connectivity index (χ0v) is 17.2. The topological polar surface area (TPSA) is 95.8 Å². The summed E-state index contributed by atoms with van der Waals surface area (Å²) in [6.45, 7) is 3.01. The van der Waals surface area contributed by atoms with E-state index < -0.39 is 22.6 Å². The summed E-state index contributed by atoms with van der Waals surface area (Å²) in [7, 11) is 0. The fourth-order valence-electron chi connectivity index (χ4n) is 3.48. The van der Waals surface area contributed by atoms with Crippen LogP contribution < -0.4 is 10.2 Å². The normalized spacial score (nSPS) is 14.2. The Morgan fingerprint density at radius 3 is 2.38 bits per heavy atom. The van der Waals surface area contributed by atoms with Crippen molar-refractivity contribution >= 4 is 23.2 Å². The van der Waals surface area contributed by atoms with E-state index >= 15 is 0 Å². The summed E-state index contributed by atoms with van der Waals surface area (Å²) in [5, 5.41) is 14.1. The van der Waals surface area contributed by atoms with Gasteiger partial charge in [0.05, 0.1) is 10.5 Å². The third-order valence-electron chi connectivity index (χ3n) is 5.21. The van der Waals surface area contributed by atoms with Crippen molar-refractivity contribution in [3.63, 3.8) is 0 Å². The van der Waals surface area contributed by atoms with Gasteiger partial charge in [-0.05, 0) is 29.8 Å². The molecule has 0 saturated carbocycles. The van der Waals surface area contributed by atoms with Gasteiger partial charge in [-0.2, -0.15) is 13.2 Å². The zero-order valence-electron chi connectivity index (χ0n) is 17.2. The maximum absolute atomic E-state index is 12.8. The van der Waals surface area contributed by atoms with E-state index in [0.717, 1.165) is 18.2 Å². The van der Waals surface area contributed by atoms with E-state index in [4.69, 9.17) is 0 Å². The van der Waals surface area contributed by atoms with Gasteiger partial charge in [-0.3, -0.25) is 19.7 Å². The van der Waals surface area contributed by atoms with Crippen molar-refractivity contribution in [2.24, 2.45) is 0 Å². The summed E-state index contributed by atoms with van der Waals surface area (Å²) in [5.74, 6) is -0.703. The van der Waals surface area contributed by atoms with Gasteiger partial charge in [0.25, 0.3) is 11.6 Å². The van der Waals surface area contributed by atoms with Crippen LogP contribution in [0.15, 0.2) is 42.5 Å². The first-order valence-electron chi connectivity index (χ1n) is 9.79. The Hall–Kier alpha value is -3.63. The van der Waals surface area contributed by atoms with E-state index in [1.54, 1.807) is 9.80 Å². The number of anilines is 1. The lowest BCUT2D eigenvalue weighted by molar-refractivity contribution is -0.384. The molecule has 1 heterocycles. The second kappa shape index (κ2) is 9.25. The molecule has 0 radical (unpaired) electrons. The van der Waals surface area contributed by atoms with Crippen LogP contribution in [0.5, 0.6) is 0 Å². The van der Waals surface area contributed by atoms with E-state index in [9.17, 15) is 32.9 Å². The molecule has 1 aliphatic rings. The molecule has 0 unspecified atom stereocenters. The van der Waals surface area contributed by atoms with E-state index in [0.29, 0.717) is 31.9 Å². The van der Waals surface area contributed by atoms with Gasteiger partial charge in [-0.25, -0.2) is 0 Å². The molecule has 2 aromatic carbocycles. The molecule has 0 spiro atoms. The van der Waals surface area contributed by atoms with E-state index in [-0.39, 0.29) is 29.3 Å². The van der Waals surface area contributed by atoms with Gasteiger partial charge in [0.2, 0.25) is 5.91 Å². The lowest BCUT2D eigenvalue weighted by Gasteiger charge is -2.35. The molecule has 170 valence electrons. The summed E-state index contributed by atoms with van der Waals surface area (Å²) in [6, 6.07) is 8.61. The molecule has 11 heteroatoms. The fraction of sp³-hybridized carbons (Fsp3) is 0.333. The van der Waals surface area contributed by atoms with Gasteiger partial charge in [0.15, 0.2) is 0 Å². The fourth-order valence-corrected chi connectivity index (χ4v) is 3.48. The first-order chi connectivity index (χ1) is 15.1. The summed E-state index contributed by atoms with van der Waals surface area (Å²) in [4.78, 5) is 38.4. The van der Waals surface area contributed by atoms with Crippen LogP contribution in [0.1, 0.15) is 28.4 Å². The second-order valence-corrected chi connectivity index (χ2v) is 7.33. The number of amides is 2. The lowest BCUT2D eigenvalue weighted by Crippen LogP contribution is -2.48. The summed E-state index contributed by atoms with van der Waals surface area (Å²) in [6.07, 6.45) is -4.49. The number of hydrogen-bond donors (Lipinski definition) is 1. The Morgan fingerprint density at radius 1 is 1.09 bits per heavy atom. The lowest BCUT2D eigenvalue weighted by atomic mass is 10.1. The predicted octanol–water partition coefficient (Wildman–Crippen LogP) is 3.21. The molecule has 2 amide bonds. The molecule has 1 fully saturated rings. The first kappa shape index (κ1) is 23.0. The van der Waals surface area contributed by atoms with Crippen LogP contribution in [0.25, 0.3) is 0 Å². The minimum Gasteiger partial charge on any atom is -0.362 e. The Balaban J connectivity index is 1.72. The van der Waals surface area contributed by atoms with Crippen LogP contribution in [0.4, 0.5) is 24.5 Å². The summed E-state index contributed by atoms with van der Waals surface area (Å²) < 4.78 is 38.5. The SMILES string of the molecule is CC(=O)N1CCN(c2ccc(C(=O)NCc3cccc(C(F)(F)F)c3)cc2[N+](=O)[O-])CC1. The number of rotatable bonds is 5. The standard InChI is InChI=1S/C21H21F3N4O4/c1-14(29)26-7-9-27(10-8-26)18-6-5-16(12-19(18)28(31)32)20(30)25-13-15-3-2-4-17(11-15)21(22,23)24/h2-6,11-12H,7-10,13H2,1H3,(H,25,30). The average molecular weight is 450 g/mol. The quantitative estimate of drug-likeness (QED) is 0.558. The van der Waals surface area contributed by atoms with Crippen molar-refractivity contribution in [1.82, 2.24) is 10.2 Å². The Kier molecular flexibility index (Phi) is 6.66. The summed E-state index contributed by atoms with van der Waals surface area (Å²) >= 11 is 0. The minimum absolute atomic E-state index is 0.0230. The number of nitro benzene ring substituents is 1. The largest absolute Gasteiger partial charge is 0.416 e. The van der Waals surface area contributed by atoms with Gasteiger partial charge in [0, 0.05) is 51.3 Å². The number of benzene rings is 2. The monoisotopic (exact) mass is 450 g/mol. The average Bonchev–Trinajstić information content (AvgIpc) is 2.76. The third kappa shape index (κ3) is 5.34. The van der Waals surface area contributed by atoms with Crippen LogP contribution in [0.3, 0.4) is 0 Å². The maximum Gasteiger partial charge on any atom is 0.416 e. The number of carbonyl (C=O) groups is 2. The molecule has 1 N–H and O–H groups in total. The van der Waals surface area contributed by atoms with Crippen LogP contribution in [0.2, 0.25) is 0 Å². The van der Waals surface area contributed by atoms with Gasteiger partial charge < -0.3 is 15.1 Å². The Bertz CT molecular complexity index is 1030. The van der Waals surface area contributed by atoms with Crippen LogP contribution in [-0.4, -0.2) is 47.8 Å². The highest BCUT2D eigenvalue weighted by atomic mass is 19.4. The minimum atomic E-state index is -4.49. The maximum atomic E-state index is 12.8.